The first-order valence-corrected chi connectivity index (χ1v) is 13.0. The maximum absolute atomic E-state index is 12.6. The number of fused-ring (bicyclic) bond motifs is 1. The molecule has 0 saturated carbocycles. The number of aromatic nitrogens is 2. The number of amides is 1. The first-order valence-electron chi connectivity index (χ1n) is 13.0. The standard InChI is InChI=1S/C29H40N4O2/c1-18(2)28-25-16-23(6-7-26(25)32-29(28)24-14-19(3)31-20(4)15-24)22-9-12-33(13-10-22)27(35)17-30-11-8-21(5)34/h6-7,14-16,18,21-22,30,32,34H,8-13,17H2,1-5H3. The second-order valence-corrected chi connectivity index (χ2v) is 10.5. The number of aliphatic hydroxyl groups excluding tert-OH is 1. The van der Waals surface area contributed by atoms with Crippen molar-refractivity contribution in [2.75, 3.05) is 26.2 Å². The number of aryl methyl sites for hydroxylation is 2. The van der Waals surface area contributed by atoms with Gasteiger partial charge in [-0.1, -0.05) is 19.9 Å². The van der Waals surface area contributed by atoms with Crippen molar-refractivity contribution in [3.8, 4) is 11.3 Å². The maximum Gasteiger partial charge on any atom is 0.236 e. The van der Waals surface area contributed by atoms with E-state index in [9.17, 15) is 9.90 Å². The van der Waals surface area contributed by atoms with E-state index < -0.39 is 0 Å². The number of hydrogen-bond acceptors (Lipinski definition) is 4. The molecule has 1 atom stereocenters. The number of nitrogens with one attached hydrogen (secondary N) is 2. The van der Waals surface area contributed by atoms with Crippen molar-refractivity contribution in [2.24, 2.45) is 0 Å². The number of pyridine rings is 1. The zero-order valence-corrected chi connectivity index (χ0v) is 21.8. The Morgan fingerprint density at radius 1 is 1.14 bits per heavy atom. The Labute approximate surface area is 209 Å². The molecule has 3 N–H and O–H groups in total. The molecule has 35 heavy (non-hydrogen) atoms. The van der Waals surface area contributed by atoms with Crippen LogP contribution in [0.3, 0.4) is 0 Å². The lowest BCUT2D eigenvalue weighted by molar-refractivity contribution is -0.131. The second kappa shape index (κ2) is 10.9. The molecule has 1 fully saturated rings. The quantitative estimate of drug-likeness (QED) is 0.398. The third-order valence-electron chi connectivity index (χ3n) is 7.14. The van der Waals surface area contributed by atoms with Gasteiger partial charge < -0.3 is 20.3 Å². The molecule has 0 radical (unpaired) electrons. The number of benzene rings is 1. The number of nitrogens with zero attached hydrogens (tertiary/aromatic N) is 2. The van der Waals surface area contributed by atoms with Crippen LogP contribution in [0.5, 0.6) is 0 Å². The van der Waals surface area contributed by atoms with Crippen molar-refractivity contribution >= 4 is 16.8 Å². The molecule has 1 saturated heterocycles. The summed E-state index contributed by atoms with van der Waals surface area (Å²) in [6.07, 6.45) is 2.30. The molecule has 3 aromatic rings. The average molecular weight is 477 g/mol. The maximum atomic E-state index is 12.6. The van der Waals surface area contributed by atoms with E-state index in [0.29, 0.717) is 31.3 Å². The zero-order chi connectivity index (χ0) is 25.1. The highest BCUT2D eigenvalue weighted by molar-refractivity contribution is 5.92. The molecule has 2 aromatic heterocycles. The zero-order valence-electron chi connectivity index (χ0n) is 21.8. The number of carbonyl (C=O) groups excluding carboxylic acids is 1. The van der Waals surface area contributed by atoms with Crippen molar-refractivity contribution in [1.29, 1.82) is 0 Å². The van der Waals surface area contributed by atoms with Crippen LogP contribution >= 0.6 is 0 Å². The van der Waals surface area contributed by atoms with Gasteiger partial charge >= 0.3 is 0 Å². The smallest absolute Gasteiger partial charge is 0.236 e. The number of likely N-dealkylation sites (tertiary alicyclic amines) is 1. The number of hydrogen-bond donors (Lipinski definition) is 3. The minimum atomic E-state index is -0.337. The molecule has 1 unspecified atom stereocenters. The summed E-state index contributed by atoms with van der Waals surface area (Å²) < 4.78 is 0. The molecule has 1 aliphatic heterocycles. The predicted octanol–water partition coefficient (Wildman–Crippen LogP) is 5.04. The molecular weight excluding hydrogens is 436 g/mol. The number of rotatable bonds is 8. The van der Waals surface area contributed by atoms with Gasteiger partial charge in [-0.15, -0.1) is 0 Å². The van der Waals surface area contributed by atoms with E-state index in [4.69, 9.17) is 0 Å². The summed E-state index contributed by atoms with van der Waals surface area (Å²) in [5.74, 6) is 1.02. The fourth-order valence-corrected chi connectivity index (χ4v) is 5.37. The molecule has 6 heteroatoms. The fourth-order valence-electron chi connectivity index (χ4n) is 5.37. The molecule has 188 valence electrons. The van der Waals surface area contributed by atoms with Crippen molar-refractivity contribution in [3.63, 3.8) is 0 Å². The van der Waals surface area contributed by atoms with Gasteiger partial charge in [-0.05, 0) is 93.8 Å². The van der Waals surface area contributed by atoms with Crippen LogP contribution in [0.15, 0.2) is 30.3 Å². The molecule has 3 heterocycles. The Kier molecular flexibility index (Phi) is 7.92. The molecule has 0 bridgehead atoms. The summed E-state index contributed by atoms with van der Waals surface area (Å²) in [5.41, 5.74) is 8.38. The Morgan fingerprint density at radius 2 is 1.83 bits per heavy atom. The lowest BCUT2D eigenvalue weighted by Crippen LogP contribution is -2.42. The lowest BCUT2D eigenvalue weighted by Gasteiger charge is -2.32. The number of aliphatic hydroxyl groups is 1. The van der Waals surface area contributed by atoms with Crippen molar-refractivity contribution < 1.29 is 9.90 Å². The highest BCUT2D eigenvalue weighted by Gasteiger charge is 2.25. The Bertz CT molecular complexity index is 1150. The summed E-state index contributed by atoms with van der Waals surface area (Å²) >= 11 is 0. The van der Waals surface area contributed by atoms with Gasteiger partial charge in [0.05, 0.1) is 18.3 Å². The van der Waals surface area contributed by atoms with E-state index in [-0.39, 0.29) is 12.0 Å². The summed E-state index contributed by atoms with van der Waals surface area (Å²) in [7, 11) is 0. The van der Waals surface area contributed by atoms with Gasteiger partial charge in [0, 0.05) is 40.9 Å². The molecule has 6 nitrogen and oxygen atoms in total. The van der Waals surface area contributed by atoms with E-state index in [1.807, 2.05) is 4.90 Å². The van der Waals surface area contributed by atoms with Crippen LogP contribution < -0.4 is 5.32 Å². The van der Waals surface area contributed by atoms with Gasteiger partial charge in [0.1, 0.15) is 0 Å². The first-order chi connectivity index (χ1) is 16.7. The van der Waals surface area contributed by atoms with Gasteiger partial charge in [-0.2, -0.15) is 0 Å². The Hall–Kier alpha value is -2.70. The lowest BCUT2D eigenvalue weighted by atomic mass is 9.87. The molecule has 1 amide bonds. The van der Waals surface area contributed by atoms with Gasteiger partial charge in [-0.25, -0.2) is 0 Å². The number of aromatic amines is 1. The Morgan fingerprint density at radius 3 is 2.46 bits per heavy atom. The van der Waals surface area contributed by atoms with Crippen LogP contribution in [-0.2, 0) is 4.79 Å². The molecule has 0 aliphatic carbocycles. The Balaban J connectivity index is 1.49. The third-order valence-corrected chi connectivity index (χ3v) is 7.14. The summed E-state index contributed by atoms with van der Waals surface area (Å²) in [6.45, 7) is 13.0. The van der Waals surface area contributed by atoms with Gasteiger partial charge in [0.2, 0.25) is 5.91 Å². The van der Waals surface area contributed by atoms with Crippen molar-refractivity contribution in [3.05, 3.63) is 52.8 Å². The van der Waals surface area contributed by atoms with Gasteiger partial charge in [-0.3, -0.25) is 9.78 Å². The van der Waals surface area contributed by atoms with E-state index in [2.05, 4.69) is 73.3 Å². The van der Waals surface area contributed by atoms with Crippen LogP contribution in [0.4, 0.5) is 0 Å². The van der Waals surface area contributed by atoms with Crippen LogP contribution in [-0.4, -0.2) is 58.2 Å². The van der Waals surface area contributed by atoms with Crippen LogP contribution in [0.1, 0.15) is 74.4 Å². The number of carbonyl (C=O) groups is 1. The fraction of sp³-hybridized carbons (Fsp3) is 0.517. The van der Waals surface area contributed by atoms with Gasteiger partial charge in [0.15, 0.2) is 0 Å². The summed E-state index contributed by atoms with van der Waals surface area (Å²) in [6, 6.07) is 11.2. The van der Waals surface area contributed by atoms with E-state index >= 15 is 0 Å². The highest BCUT2D eigenvalue weighted by Crippen LogP contribution is 2.38. The van der Waals surface area contributed by atoms with E-state index in [1.54, 1.807) is 6.92 Å². The van der Waals surface area contributed by atoms with Gasteiger partial charge in [0.25, 0.3) is 0 Å². The number of piperidine rings is 1. The average Bonchev–Trinajstić information content (AvgIpc) is 3.20. The molecule has 4 rings (SSSR count). The van der Waals surface area contributed by atoms with E-state index in [1.165, 1.54) is 33.3 Å². The van der Waals surface area contributed by atoms with Crippen LogP contribution in [0.2, 0.25) is 0 Å². The second-order valence-electron chi connectivity index (χ2n) is 10.5. The normalized spacial score (nSPS) is 15.8. The SMILES string of the molecule is Cc1cc(-c2[nH]c3ccc(C4CCN(C(=O)CNCCC(C)O)CC4)cc3c2C(C)C)cc(C)n1. The molecule has 1 aliphatic rings. The largest absolute Gasteiger partial charge is 0.393 e. The highest BCUT2D eigenvalue weighted by atomic mass is 16.3. The van der Waals surface area contributed by atoms with Crippen molar-refractivity contribution in [2.45, 2.75) is 71.8 Å². The summed E-state index contributed by atoms with van der Waals surface area (Å²) in [5, 5.41) is 13.8. The molecule has 0 spiro atoms. The monoisotopic (exact) mass is 476 g/mol. The van der Waals surface area contributed by atoms with Crippen LogP contribution in [0.25, 0.3) is 22.2 Å². The topological polar surface area (TPSA) is 81.2 Å². The molecule has 1 aromatic carbocycles. The third kappa shape index (κ3) is 5.93. The number of H-pyrrole nitrogens is 1. The predicted molar refractivity (Wildman–Crippen MR) is 143 cm³/mol. The van der Waals surface area contributed by atoms with Crippen LogP contribution in [0, 0.1) is 13.8 Å². The minimum Gasteiger partial charge on any atom is -0.393 e. The molecular formula is C29H40N4O2. The first kappa shape index (κ1) is 25.4. The summed E-state index contributed by atoms with van der Waals surface area (Å²) in [4.78, 5) is 22.8. The minimum absolute atomic E-state index is 0.157. The van der Waals surface area contributed by atoms with E-state index in [0.717, 1.165) is 37.3 Å². The van der Waals surface area contributed by atoms with Crippen molar-refractivity contribution in [1.82, 2.24) is 20.2 Å².